The van der Waals surface area contributed by atoms with Crippen molar-refractivity contribution in [1.82, 2.24) is 4.57 Å². The van der Waals surface area contributed by atoms with Crippen molar-refractivity contribution >= 4 is 33.4 Å². The third kappa shape index (κ3) is 4.60. The third-order valence-electron chi connectivity index (χ3n) is 4.28. The summed E-state index contributed by atoms with van der Waals surface area (Å²) in [5.74, 6) is -1.16. The molecule has 1 aromatic heterocycles. The average Bonchev–Trinajstić information content (AvgIpc) is 3.07. The van der Waals surface area contributed by atoms with E-state index in [1.165, 1.54) is 25.6 Å². The van der Waals surface area contributed by atoms with E-state index in [1.54, 1.807) is 22.8 Å². The SMILES string of the molecule is COCCn1c(=NC(=O)c2ccc(C(F)(F)F)cc2)sc2cc(C(=O)OC)ccc21. The molecule has 0 saturated heterocycles. The van der Waals surface area contributed by atoms with Crippen LogP contribution in [0.1, 0.15) is 26.3 Å². The highest BCUT2D eigenvalue weighted by atomic mass is 32.1. The summed E-state index contributed by atoms with van der Waals surface area (Å²) in [6.45, 7) is 0.749. The van der Waals surface area contributed by atoms with Crippen LogP contribution in [-0.2, 0) is 22.2 Å². The van der Waals surface area contributed by atoms with Crippen LogP contribution in [0.4, 0.5) is 13.2 Å². The Morgan fingerprint density at radius 1 is 1.07 bits per heavy atom. The number of rotatable bonds is 5. The van der Waals surface area contributed by atoms with Gasteiger partial charge in [0.1, 0.15) is 0 Å². The maximum absolute atomic E-state index is 12.7. The molecule has 0 saturated carbocycles. The molecule has 3 rings (SSSR count). The fourth-order valence-electron chi connectivity index (χ4n) is 2.76. The van der Waals surface area contributed by atoms with E-state index < -0.39 is 23.6 Å². The van der Waals surface area contributed by atoms with E-state index in [4.69, 9.17) is 9.47 Å². The summed E-state index contributed by atoms with van der Waals surface area (Å²) < 4.78 is 50.4. The van der Waals surface area contributed by atoms with Gasteiger partial charge in [0.25, 0.3) is 5.91 Å². The lowest BCUT2D eigenvalue weighted by Crippen LogP contribution is -2.19. The molecule has 0 bridgehead atoms. The number of fused-ring (bicyclic) bond motifs is 1. The lowest BCUT2D eigenvalue weighted by Gasteiger charge is -2.06. The first-order valence-corrected chi connectivity index (χ1v) is 9.53. The predicted octanol–water partition coefficient (Wildman–Crippen LogP) is 3.90. The molecule has 0 spiro atoms. The van der Waals surface area contributed by atoms with Crippen molar-refractivity contribution in [2.75, 3.05) is 20.8 Å². The molecule has 0 aliphatic rings. The quantitative estimate of drug-likeness (QED) is 0.567. The molecule has 0 aliphatic carbocycles. The Bertz CT molecular complexity index is 1150. The van der Waals surface area contributed by atoms with Crippen LogP contribution in [0, 0.1) is 0 Å². The van der Waals surface area contributed by atoms with Crippen LogP contribution in [-0.4, -0.2) is 37.3 Å². The summed E-state index contributed by atoms with van der Waals surface area (Å²) in [7, 11) is 2.82. The van der Waals surface area contributed by atoms with Crippen molar-refractivity contribution < 1.29 is 32.2 Å². The molecule has 3 aromatic rings. The van der Waals surface area contributed by atoms with Crippen molar-refractivity contribution in [3.63, 3.8) is 0 Å². The van der Waals surface area contributed by atoms with Crippen LogP contribution < -0.4 is 4.80 Å². The molecule has 0 aliphatic heterocycles. The molecular weight excluding hydrogens is 421 g/mol. The molecule has 0 unspecified atom stereocenters. The fraction of sp³-hybridized carbons (Fsp3) is 0.250. The first kappa shape index (κ1) is 21.7. The zero-order valence-electron chi connectivity index (χ0n) is 16.0. The maximum Gasteiger partial charge on any atom is 0.416 e. The largest absolute Gasteiger partial charge is 0.465 e. The minimum absolute atomic E-state index is 0.0361. The number of benzene rings is 2. The molecule has 0 fully saturated rings. The Morgan fingerprint density at radius 2 is 1.73 bits per heavy atom. The van der Waals surface area contributed by atoms with Gasteiger partial charge in [-0.15, -0.1) is 0 Å². The van der Waals surface area contributed by atoms with E-state index in [9.17, 15) is 22.8 Å². The molecule has 1 amide bonds. The van der Waals surface area contributed by atoms with Crippen LogP contribution in [0.3, 0.4) is 0 Å². The number of thiazole rings is 1. The minimum Gasteiger partial charge on any atom is -0.465 e. The second-order valence-corrected chi connectivity index (χ2v) is 7.20. The number of hydrogen-bond donors (Lipinski definition) is 0. The number of alkyl halides is 3. The molecule has 1 heterocycles. The van der Waals surface area contributed by atoms with Crippen LogP contribution in [0.2, 0.25) is 0 Å². The number of carbonyl (C=O) groups is 2. The van der Waals surface area contributed by atoms with Gasteiger partial charge in [0.15, 0.2) is 4.80 Å². The van der Waals surface area contributed by atoms with E-state index in [0.29, 0.717) is 28.2 Å². The van der Waals surface area contributed by atoms with Crippen LogP contribution in [0.25, 0.3) is 10.2 Å². The average molecular weight is 438 g/mol. The number of methoxy groups -OCH3 is 2. The van der Waals surface area contributed by atoms with Gasteiger partial charge >= 0.3 is 12.1 Å². The predicted molar refractivity (Wildman–Crippen MR) is 104 cm³/mol. The van der Waals surface area contributed by atoms with E-state index in [-0.39, 0.29) is 5.56 Å². The molecule has 2 aromatic carbocycles. The number of amides is 1. The molecule has 158 valence electrons. The fourth-order valence-corrected chi connectivity index (χ4v) is 3.85. The van der Waals surface area contributed by atoms with E-state index in [1.807, 2.05) is 0 Å². The Hall–Kier alpha value is -2.98. The second kappa shape index (κ2) is 8.80. The number of carbonyl (C=O) groups excluding carboxylic acids is 2. The highest BCUT2D eigenvalue weighted by Crippen LogP contribution is 2.29. The van der Waals surface area contributed by atoms with Crippen LogP contribution in [0.5, 0.6) is 0 Å². The Kier molecular flexibility index (Phi) is 6.37. The van der Waals surface area contributed by atoms with E-state index >= 15 is 0 Å². The van der Waals surface area contributed by atoms with Gasteiger partial charge in [-0.1, -0.05) is 11.3 Å². The maximum atomic E-state index is 12.7. The zero-order chi connectivity index (χ0) is 21.9. The Labute approximate surface area is 173 Å². The Balaban J connectivity index is 2.04. The Morgan fingerprint density at radius 3 is 2.33 bits per heavy atom. The van der Waals surface area contributed by atoms with Gasteiger partial charge in [-0.25, -0.2) is 4.79 Å². The first-order valence-electron chi connectivity index (χ1n) is 8.71. The number of hydrogen-bond acceptors (Lipinski definition) is 5. The molecular formula is C20H17F3N2O4S. The van der Waals surface area contributed by atoms with E-state index in [0.717, 1.165) is 29.8 Å². The van der Waals surface area contributed by atoms with Gasteiger partial charge in [0.2, 0.25) is 0 Å². The van der Waals surface area contributed by atoms with Crippen LogP contribution >= 0.6 is 11.3 Å². The van der Waals surface area contributed by atoms with Gasteiger partial charge in [-0.3, -0.25) is 4.79 Å². The molecule has 0 N–H and O–H groups in total. The second-order valence-electron chi connectivity index (χ2n) is 6.20. The number of nitrogens with zero attached hydrogens (tertiary/aromatic N) is 2. The summed E-state index contributed by atoms with van der Waals surface area (Å²) in [4.78, 5) is 28.8. The molecule has 0 radical (unpaired) electrons. The summed E-state index contributed by atoms with van der Waals surface area (Å²) >= 11 is 1.18. The van der Waals surface area contributed by atoms with Gasteiger partial charge in [0, 0.05) is 19.2 Å². The van der Waals surface area contributed by atoms with Crippen molar-refractivity contribution in [3.05, 3.63) is 64.0 Å². The number of halogens is 3. The van der Waals surface area contributed by atoms with Gasteiger partial charge in [0.05, 0.1) is 35.1 Å². The topological polar surface area (TPSA) is 69.9 Å². The highest BCUT2D eigenvalue weighted by molar-refractivity contribution is 7.16. The van der Waals surface area contributed by atoms with Gasteiger partial charge in [-0.2, -0.15) is 18.2 Å². The highest BCUT2D eigenvalue weighted by Gasteiger charge is 2.30. The van der Waals surface area contributed by atoms with Crippen molar-refractivity contribution in [1.29, 1.82) is 0 Å². The van der Waals surface area contributed by atoms with E-state index in [2.05, 4.69) is 4.99 Å². The molecule has 30 heavy (non-hydrogen) atoms. The monoisotopic (exact) mass is 438 g/mol. The number of ether oxygens (including phenoxy) is 2. The smallest absolute Gasteiger partial charge is 0.416 e. The summed E-state index contributed by atoms with van der Waals surface area (Å²) in [6, 6.07) is 8.83. The number of esters is 1. The van der Waals surface area contributed by atoms with Gasteiger partial charge < -0.3 is 14.0 Å². The normalized spacial score (nSPS) is 12.4. The standard InChI is InChI=1S/C20H17F3N2O4S/c1-28-10-9-25-15-8-5-13(18(27)29-2)11-16(15)30-19(25)24-17(26)12-3-6-14(7-4-12)20(21,22)23/h3-8,11H,9-10H2,1-2H3. The molecule has 0 atom stereocenters. The zero-order valence-corrected chi connectivity index (χ0v) is 16.8. The van der Waals surface area contributed by atoms with Crippen molar-refractivity contribution in [3.8, 4) is 0 Å². The van der Waals surface area contributed by atoms with Crippen molar-refractivity contribution in [2.45, 2.75) is 12.7 Å². The van der Waals surface area contributed by atoms with Crippen LogP contribution in [0.15, 0.2) is 47.5 Å². The summed E-state index contributed by atoms with van der Waals surface area (Å²) in [6.07, 6.45) is -4.48. The third-order valence-corrected chi connectivity index (χ3v) is 5.32. The minimum atomic E-state index is -4.48. The van der Waals surface area contributed by atoms with Crippen molar-refractivity contribution in [2.24, 2.45) is 4.99 Å². The first-order chi connectivity index (χ1) is 14.2. The molecule has 10 heteroatoms. The number of aromatic nitrogens is 1. The summed E-state index contributed by atoms with van der Waals surface area (Å²) in [5.41, 5.74) is 0.287. The lowest BCUT2D eigenvalue weighted by molar-refractivity contribution is -0.137. The molecule has 6 nitrogen and oxygen atoms in total. The lowest BCUT2D eigenvalue weighted by atomic mass is 10.1. The summed E-state index contributed by atoms with van der Waals surface area (Å²) in [5, 5.41) is 0. The van der Waals surface area contributed by atoms with Gasteiger partial charge in [-0.05, 0) is 42.5 Å².